The van der Waals surface area contributed by atoms with Crippen molar-refractivity contribution in [2.75, 3.05) is 19.7 Å². The third kappa shape index (κ3) is 5.97. The van der Waals surface area contributed by atoms with Crippen LogP contribution in [0.2, 0.25) is 0 Å². The Morgan fingerprint density at radius 2 is 1.72 bits per heavy atom. The highest BCUT2D eigenvalue weighted by Crippen LogP contribution is 2.29. The van der Waals surface area contributed by atoms with Crippen molar-refractivity contribution in [2.24, 2.45) is 4.99 Å². The van der Waals surface area contributed by atoms with Crippen molar-refractivity contribution in [1.29, 1.82) is 0 Å². The second-order valence-corrected chi connectivity index (χ2v) is 6.88. The number of para-hydroxylation sites is 1. The molecule has 0 saturated heterocycles. The number of halogens is 1. The summed E-state index contributed by atoms with van der Waals surface area (Å²) in [5.41, 5.74) is 3.04. The summed E-state index contributed by atoms with van der Waals surface area (Å²) in [7, 11) is 0. The number of ether oxygens (including phenoxy) is 1. The van der Waals surface area contributed by atoms with Crippen LogP contribution in [-0.2, 0) is 6.54 Å². The van der Waals surface area contributed by atoms with Crippen LogP contribution in [0.3, 0.4) is 0 Å². The monoisotopic (exact) mass is 542 g/mol. The normalized spacial score (nSPS) is 11.1. The lowest BCUT2D eigenvalue weighted by Crippen LogP contribution is -2.39. The van der Waals surface area contributed by atoms with Gasteiger partial charge in [-0.25, -0.2) is 4.99 Å². The molecule has 2 N–H and O–H groups in total. The number of aliphatic imine (C=N–C) groups is 1. The minimum absolute atomic E-state index is 0. The van der Waals surface area contributed by atoms with E-state index in [9.17, 15) is 0 Å². The lowest BCUT2D eigenvalue weighted by molar-refractivity contribution is 0.323. The summed E-state index contributed by atoms with van der Waals surface area (Å²) in [5.74, 6) is 2.38. The van der Waals surface area contributed by atoms with Crippen LogP contribution < -0.4 is 15.4 Å². The number of hydrogen-bond acceptors (Lipinski definition) is 4. The molecule has 0 aliphatic heterocycles. The van der Waals surface area contributed by atoms with Gasteiger partial charge in [-0.05, 0) is 30.7 Å². The Morgan fingerprint density at radius 3 is 2.56 bits per heavy atom. The molecule has 0 amide bonds. The van der Waals surface area contributed by atoms with Crippen molar-refractivity contribution >= 4 is 35.6 Å². The molecule has 0 saturated carbocycles. The van der Waals surface area contributed by atoms with Crippen molar-refractivity contribution < 1.29 is 4.74 Å². The molecule has 32 heavy (non-hydrogen) atoms. The predicted octanol–water partition coefficient (Wildman–Crippen LogP) is 4.15. The van der Waals surface area contributed by atoms with Gasteiger partial charge in [-0.1, -0.05) is 54.6 Å². The number of nitrogens with zero attached hydrogens (tertiary/aromatic N) is 4. The van der Waals surface area contributed by atoms with Gasteiger partial charge in [0.05, 0.1) is 6.54 Å². The Balaban J connectivity index is 0.00000289. The summed E-state index contributed by atoms with van der Waals surface area (Å²) in [6.45, 7) is 4.37. The molecule has 7 nitrogen and oxygen atoms in total. The molecule has 2 aromatic heterocycles. The highest BCUT2D eigenvalue weighted by atomic mass is 127. The summed E-state index contributed by atoms with van der Waals surface area (Å²) >= 11 is 0. The van der Waals surface area contributed by atoms with Crippen molar-refractivity contribution in [2.45, 2.75) is 13.5 Å². The maximum Gasteiger partial charge on any atom is 0.191 e. The van der Waals surface area contributed by atoms with Gasteiger partial charge in [0, 0.05) is 18.3 Å². The van der Waals surface area contributed by atoms with Gasteiger partial charge in [-0.2, -0.15) is 0 Å². The highest BCUT2D eigenvalue weighted by Gasteiger charge is 2.07. The van der Waals surface area contributed by atoms with Crippen LogP contribution >= 0.6 is 24.0 Å². The molecule has 8 heteroatoms. The van der Waals surface area contributed by atoms with Crippen LogP contribution in [-0.4, -0.2) is 40.3 Å². The summed E-state index contributed by atoms with van der Waals surface area (Å²) < 4.78 is 8.00. The lowest BCUT2D eigenvalue weighted by atomic mass is 10.1. The van der Waals surface area contributed by atoms with Crippen molar-refractivity contribution in [3.8, 4) is 16.9 Å². The Labute approximate surface area is 205 Å². The van der Waals surface area contributed by atoms with Crippen LogP contribution in [0.1, 0.15) is 12.7 Å². The zero-order valence-electron chi connectivity index (χ0n) is 17.9. The van der Waals surface area contributed by atoms with Gasteiger partial charge in [-0.3, -0.25) is 4.40 Å². The summed E-state index contributed by atoms with van der Waals surface area (Å²) in [4.78, 5) is 4.63. The number of rotatable bonds is 8. The average molecular weight is 542 g/mol. The zero-order chi connectivity index (χ0) is 21.3. The van der Waals surface area contributed by atoms with Crippen molar-refractivity contribution in [1.82, 2.24) is 25.2 Å². The van der Waals surface area contributed by atoms with Gasteiger partial charge in [0.25, 0.3) is 0 Å². The lowest BCUT2D eigenvalue weighted by Gasteiger charge is -2.14. The van der Waals surface area contributed by atoms with E-state index in [-0.39, 0.29) is 24.0 Å². The summed E-state index contributed by atoms with van der Waals surface area (Å²) in [6, 6.07) is 24.2. The van der Waals surface area contributed by atoms with E-state index in [1.807, 2.05) is 72.1 Å². The Bertz CT molecular complexity index is 1150. The van der Waals surface area contributed by atoms with Crippen LogP contribution in [0.25, 0.3) is 16.8 Å². The first-order chi connectivity index (χ1) is 15.3. The third-order valence-corrected chi connectivity index (χ3v) is 4.73. The molecule has 0 atom stereocenters. The number of benzene rings is 2. The molecule has 166 valence electrons. The second-order valence-electron chi connectivity index (χ2n) is 6.88. The molecule has 2 aromatic carbocycles. The fourth-order valence-corrected chi connectivity index (χ4v) is 3.27. The molecule has 0 fully saturated rings. The van der Waals surface area contributed by atoms with E-state index in [1.165, 1.54) is 0 Å². The van der Waals surface area contributed by atoms with E-state index in [1.54, 1.807) is 0 Å². The first kappa shape index (κ1) is 23.5. The van der Waals surface area contributed by atoms with E-state index < -0.39 is 0 Å². The van der Waals surface area contributed by atoms with Crippen LogP contribution in [0.15, 0.2) is 84.0 Å². The standard InChI is InChI=1S/C24H26N6O.HI/c1-2-25-24(27-18-23-29-28-22-14-8-9-16-30(22)23)26-15-17-31-21-13-7-6-12-20(21)19-10-4-3-5-11-19;/h3-14,16H,2,15,17-18H2,1H3,(H2,25,26,27);1H. The number of fused-ring (bicyclic) bond motifs is 1. The van der Waals surface area contributed by atoms with Gasteiger partial charge in [0.1, 0.15) is 18.9 Å². The maximum atomic E-state index is 6.06. The number of aromatic nitrogens is 3. The minimum Gasteiger partial charge on any atom is -0.491 e. The van der Waals surface area contributed by atoms with Gasteiger partial charge in [-0.15, -0.1) is 34.2 Å². The van der Waals surface area contributed by atoms with Gasteiger partial charge < -0.3 is 15.4 Å². The molecule has 0 spiro atoms. The Morgan fingerprint density at radius 1 is 0.938 bits per heavy atom. The average Bonchev–Trinajstić information content (AvgIpc) is 3.24. The van der Waals surface area contributed by atoms with Crippen LogP contribution in [0.5, 0.6) is 5.75 Å². The number of guanidine groups is 1. The molecule has 4 rings (SSSR count). The molecular formula is C24H27IN6O. The topological polar surface area (TPSA) is 75.8 Å². The van der Waals surface area contributed by atoms with E-state index >= 15 is 0 Å². The predicted molar refractivity (Wildman–Crippen MR) is 139 cm³/mol. The van der Waals surface area contributed by atoms with E-state index in [2.05, 4.69) is 44.0 Å². The first-order valence-corrected chi connectivity index (χ1v) is 10.4. The molecule has 0 aliphatic rings. The quantitative estimate of drug-likeness (QED) is 0.152. The molecule has 0 aliphatic carbocycles. The van der Waals surface area contributed by atoms with Crippen molar-refractivity contribution in [3.63, 3.8) is 0 Å². The zero-order valence-corrected chi connectivity index (χ0v) is 20.3. The Kier molecular flexibility index (Phi) is 8.85. The number of hydrogen-bond donors (Lipinski definition) is 2. The smallest absolute Gasteiger partial charge is 0.191 e. The van der Waals surface area contributed by atoms with Crippen LogP contribution in [0, 0.1) is 0 Å². The Hall–Kier alpha value is -3.14. The minimum atomic E-state index is 0. The molecule has 0 unspecified atom stereocenters. The maximum absolute atomic E-state index is 6.06. The second kappa shape index (κ2) is 12.0. The summed E-state index contributed by atoms with van der Waals surface area (Å²) in [5, 5.41) is 15.0. The molecule has 0 radical (unpaired) electrons. The SMILES string of the molecule is CCNC(=NCc1nnc2ccccn12)NCCOc1ccccc1-c1ccccc1.I. The molecular weight excluding hydrogens is 515 g/mol. The summed E-state index contributed by atoms with van der Waals surface area (Å²) in [6.07, 6.45) is 1.94. The molecule has 2 heterocycles. The third-order valence-electron chi connectivity index (χ3n) is 4.73. The van der Waals surface area contributed by atoms with E-state index in [0.717, 1.165) is 40.9 Å². The van der Waals surface area contributed by atoms with Crippen LogP contribution in [0.4, 0.5) is 0 Å². The highest BCUT2D eigenvalue weighted by molar-refractivity contribution is 14.0. The largest absolute Gasteiger partial charge is 0.491 e. The fraction of sp³-hybridized carbons (Fsp3) is 0.208. The fourth-order valence-electron chi connectivity index (χ4n) is 3.27. The van der Waals surface area contributed by atoms with Crippen molar-refractivity contribution in [3.05, 3.63) is 84.8 Å². The van der Waals surface area contributed by atoms with Gasteiger partial charge in [0.15, 0.2) is 17.4 Å². The molecule has 4 aromatic rings. The number of nitrogens with one attached hydrogen (secondary N) is 2. The van der Waals surface area contributed by atoms with E-state index in [0.29, 0.717) is 19.7 Å². The molecule has 0 bridgehead atoms. The van der Waals surface area contributed by atoms with E-state index in [4.69, 9.17) is 4.74 Å². The van der Waals surface area contributed by atoms with Gasteiger partial charge in [0.2, 0.25) is 0 Å². The number of pyridine rings is 1. The first-order valence-electron chi connectivity index (χ1n) is 10.4. The van der Waals surface area contributed by atoms with Gasteiger partial charge >= 0.3 is 0 Å².